The van der Waals surface area contributed by atoms with E-state index in [1.165, 1.54) is 12.1 Å². The molecule has 0 saturated carbocycles. The third kappa shape index (κ3) is 5.03. The number of halogens is 2. The number of hydrogen-bond donors (Lipinski definition) is 0. The van der Waals surface area contributed by atoms with Gasteiger partial charge in [0.1, 0.15) is 12.4 Å². The van der Waals surface area contributed by atoms with E-state index in [0.29, 0.717) is 30.3 Å². The second-order valence-electron chi connectivity index (χ2n) is 6.32. The van der Waals surface area contributed by atoms with E-state index >= 15 is 0 Å². The van der Waals surface area contributed by atoms with Crippen molar-refractivity contribution in [2.75, 3.05) is 13.2 Å². The molecule has 1 heterocycles. The monoisotopic (exact) mass is 507 g/mol. The maximum Gasteiger partial charge on any atom is 0.363 e. The number of ether oxygens (including phenoxy) is 3. The van der Waals surface area contributed by atoms with Crippen LogP contribution in [-0.2, 0) is 9.53 Å². The van der Waals surface area contributed by atoms with E-state index in [0.717, 1.165) is 9.14 Å². The van der Waals surface area contributed by atoms with E-state index in [2.05, 4.69) is 34.2 Å². The fourth-order valence-electron chi connectivity index (χ4n) is 2.59. The third-order valence-corrected chi connectivity index (χ3v) is 4.62. The average Bonchev–Trinajstić information content (AvgIpc) is 3.01. The van der Waals surface area contributed by atoms with Crippen LogP contribution < -0.4 is 9.47 Å². The van der Waals surface area contributed by atoms with Gasteiger partial charge in [0.2, 0.25) is 5.90 Å². The van der Waals surface area contributed by atoms with Crippen LogP contribution in [0.4, 0.5) is 4.39 Å². The number of carbonyl (C=O) groups excluding carboxylic acids is 1. The van der Waals surface area contributed by atoms with E-state index in [9.17, 15) is 9.18 Å². The molecule has 0 spiro atoms. The number of carbonyl (C=O) groups is 1. The second-order valence-corrected chi connectivity index (χ2v) is 7.49. The van der Waals surface area contributed by atoms with Crippen molar-refractivity contribution in [3.8, 4) is 11.5 Å². The molecule has 0 radical (unpaired) electrons. The summed E-state index contributed by atoms with van der Waals surface area (Å²) in [5.74, 6) is -0.0360. The molecule has 2 aromatic carbocycles. The van der Waals surface area contributed by atoms with Gasteiger partial charge in [0.05, 0.1) is 15.7 Å². The van der Waals surface area contributed by atoms with E-state index in [1.807, 2.05) is 19.9 Å². The first-order chi connectivity index (χ1) is 13.9. The van der Waals surface area contributed by atoms with E-state index < -0.39 is 11.8 Å². The molecule has 0 fully saturated rings. The largest absolute Gasteiger partial charge is 0.490 e. The van der Waals surface area contributed by atoms with Crippen LogP contribution in [0.1, 0.15) is 25.0 Å². The lowest BCUT2D eigenvalue weighted by Crippen LogP contribution is -2.07. The molecule has 0 aromatic heterocycles. The van der Waals surface area contributed by atoms with Crippen LogP contribution in [0.2, 0.25) is 0 Å². The summed E-state index contributed by atoms with van der Waals surface area (Å²) in [5, 5.41) is 0. The molecule has 29 heavy (non-hydrogen) atoms. The molecule has 0 N–H and O–H groups in total. The Balaban J connectivity index is 1.96. The Bertz CT molecular complexity index is 1030. The first kappa shape index (κ1) is 21.0. The molecule has 0 unspecified atom stereocenters. The smallest absolute Gasteiger partial charge is 0.363 e. The SMILES string of the molecule is C=C(C)COc1c(I)cc(/C=C2/N=C(c3ccccc3F)OC2=O)cc1OCC. The number of aliphatic imine (C=N–C) groups is 1. The molecule has 0 bridgehead atoms. The zero-order chi connectivity index (χ0) is 21.0. The molecule has 1 aliphatic heterocycles. The molecule has 1 aliphatic rings. The highest BCUT2D eigenvalue weighted by atomic mass is 127. The van der Waals surface area contributed by atoms with Gasteiger partial charge in [-0.1, -0.05) is 18.7 Å². The molecule has 2 aromatic rings. The maximum absolute atomic E-state index is 14.0. The van der Waals surface area contributed by atoms with E-state index in [1.54, 1.807) is 24.3 Å². The van der Waals surface area contributed by atoms with Gasteiger partial charge in [0.25, 0.3) is 0 Å². The van der Waals surface area contributed by atoms with Crippen LogP contribution in [0, 0.1) is 9.39 Å². The highest BCUT2D eigenvalue weighted by Crippen LogP contribution is 2.35. The van der Waals surface area contributed by atoms with E-state index in [-0.39, 0.29) is 17.2 Å². The van der Waals surface area contributed by atoms with Crippen molar-refractivity contribution in [1.82, 2.24) is 0 Å². The van der Waals surface area contributed by atoms with Gasteiger partial charge in [-0.2, -0.15) is 0 Å². The summed E-state index contributed by atoms with van der Waals surface area (Å²) in [6, 6.07) is 9.60. The molecule has 3 rings (SSSR count). The van der Waals surface area contributed by atoms with Crippen LogP contribution >= 0.6 is 22.6 Å². The van der Waals surface area contributed by atoms with Gasteiger partial charge < -0.3 is 14.2 Å². The molecule has 0 amide bonds. The first-order valence-electron chi connectivity index (χ1n) is 8.90. The van der Waals surface area contributed by atoms with Crippen molar-refractivity contribution < 1.29 is 23.4 Å². The molecule has 5 nitrogen and oxygen atoms in total. The summed E-state index contributed by atoms with van der Waals surface area (Å²) in [4.78, 5) is 16.4. The summed E-state index contributed by atoms with van der Waals surface area (Å²) >= 11 is 2.14. The predicted molar refractivity (Wildman–Crippen MR) is 118 cm³/mol. The normalized spacial score (nSPS) is 14.6. The van der Waals surface area contributed by atoms with Gasteiger partial charge in [-0.3, -0.25) is 0 Å². The predicted octanol–water partition coefficient (Wildman–Crippen LogP) is 5.13. The maximum atomic E-state index is 14.0. The number of cyclic esters (lactones) is 1. The third-order valence-electron chi connectivity index (χ3n) is 3.82. The Morgan fingerprint density at radius 2 is 2.07 bits per heavy atom. The summed E-state index contributed by atoms with van der Waals surface area (Å²) in [5.41, 5.74) is 1.79. The average molecular weight is 507 g/mol. The van der Waals surface area contributed by atoms with Gasteiger partial charge in [0.15, 0.2) is 17.2 Å². The second kappa shape index (κ2) is 9.21. The minimum atomic E-state index is -0.640. The van der Waals surface area contributed by atoms with Gasteiger partial charge in [-0.25, -0.2) is 14.2 Å². The van der Waals surface area contributed by atoms with Gasteiger partial charge in [-0.15, -0.1) is 0 Å². The molecular weight excluding hydrogens is 488 g/mol. The van der Waals surface area contributed by atoms with Crippen molar-refractivity contribution in [1.29, 1.82) is 0 Å². The minimum absolute atomic E-state index is 0.0551. The molecule has 7 heteroatoms. The highest BCUT2D eigenvalue weighted by molar-refractivity contribution is 14.1. The van der Waals surface area contributed by atoms with Crippen molar-refractivity contribution in [3.05, 3.63) is 74.8 Å². The molecule has 150 valence electrons. The summed E-state index contributed by atoms with van der Waals surface area (Å²) < 4.78 is 31.4. The van der Waals surface area contributed by atoms with Gasteiger partial charge in [-0.05, 0) is 77.9 Å². The number of benzene rings is 2. The van der Waals surface area contributed by atoms with Crippen LogP contribution in [0.25, 0.3) is 6.08 Å². The van der Waals surface area contributed by atoms with Crippen molar-refractivity contribution in [3.63, 3.8) is 0 Å². The van der Waals surface area contributed by atoms with Crippen molar-refractivity contribution >= 4 is 40.5 Å². The number of nitrogens with zero attached hydrogens (tertiary/aromatic N) is 1. The molecular formula is C22H19FINO4. The zero-order valence-electron chi connectivity index (χ0n) is 16.0. The zero-order valence-corrected chi connectivity index (χ0v) is 18.2. The van der Waals surface area contributed by atoms with Gasteiger partial charge in [0, 0.05) is 0 Å². The summed E-state index contributed by atoms with van der Waals surface area (Å²) in [6.07, 6.45) is 1.57. The van der Waals surface area contributed by atoms with Crippen LogP contribution in [0.3, 0.4) is 0 Å². The summed E-state index contributed by atoms with van der Waals surface area (Å²) in [7, 11) is 0. The van der Waals surface area contributed by atoms with Gasteiger partial charge >= 0.3 is 5.97 Å². The fourth-order valence-corrected chi connectivity index (χ4v) is 3.37. The van der Waals surface area contributed by atoms with Crippen molar-refractivity contribution in [2.45, 2.75) is 13.8 Å². The highest BCUT2D eigenvalue weighted by Gasteiger charge is 2.26. The standard InChI is InChI=1S/C22H19FINO4/c1-4-27-19-11-14(9-17(24)20(19)28-12-13(2)3)10-18-22(26)29-21(25-18)15-7-5-6-8-16(15)23/h5-11H,2,4,12H2,1,3H3/b18-10+. The lowest BCUT2D eigenvalue weighted by atomic mass is 10.1. The Morgan fingerprint density at radius 3 is 2.76 bits per heavy atom. The van der Waals surface area contributed by atoms with Crippen molar-refractivity contribution in [2.24, 2.45) is 4.99 Å². The van der Waals surface area contributed by atoms with E-state index in [4.69, 9.17) is 14.2 Å². The number of rotatable bonds is 7. The minimum Gasteiger partial charge on any atom is -0.490 e. The number of hydrogen-bond acceptors (Lipinski definition) is 5. The van der Waals surface area contributed by atoms with Crippen LogP contribution in [0.5, 0.6) is 11.5 Å². The van der Waals surface area contributed by atoms with Crippen LogP contribution in [-0.4, -0.2) is 25.1 Å². The quantitative estimate of drug-likeness (QED) is 0.226. The van der Waals surface area contributed by atoms with Crippen LogP contribution in [0.15, 0.2) is 59.2 Å². The Kier molecular flexibility index (Phi) is 6.68. The first-order valence-corrected chi connectivity index (χ1v) is 9.98. The lowest BCUT2D eigenvalue weighted by Gasteiger charge is -2.14. The lowest BCUT2D eigenvalue weighted by molar-refractivity contribution is -0.129. The molecule has 0 aliphatic carbocycles. The Hall–Kier alpha value is -2.68. The Labute approximate surface area is 182 Å². The molecule has 0 atom stereocenters. The molecule has 0 saturated heterocycles. The topological polar surface area (TPSA) is 57.1 Å². The number of esters is 1. The Morgan fingerprint density at radius 1 is 1.31 bits per heavy atom. The fraction of sp³-hybridized carbons (Fsp3) is 0.182. The summed E-state index contributed by atoms with van der Waals surface area (Å²) in [6.45, 7) is 8.42.